The molecule has 2 fully saturated rings. The molecule has 2 aromatic carbocycles. The predicted octanol–water partition coefficient (Wildman–Crippen LogP) is 1.62. The minimum Gasteiger partial charge on any atom is -0.343 e. The zero-order valence-corrected chi connectivity index (χ0v) is 28.5. The van der Waals surface area contributed by atoms with Crippen LogP contribution in [0.5, 0.6) is 0 Å². The summed E-state index contributed by atoms with van der Waals surface area (Å²) in [5.74, 6) is -0.871. The maximum atomic E-state index is 13.9. The molecule has 0 spiro atoms. The Morgan fingerprint density at radius 2 is 1.27 bits per heavy atom. The van der Waals surface area contributed by atoms with E-state index < -0.39 is 41.9 Å². The van der Waals surface area contributed by atoms with Gasteiger partial charge in [0.15, 0.2) is 0 Å². The van der Waals surface area contributed by atoms with E-state index in [0.29, 0.717) is 45.3 Å². The van der Waals surface area contributed by atoms with E-state index >= 15 is 0 Å². The van der Waals surface area contributed by atoms with Crippen molar-refractivity contribution in [2.45, 2.75) is 95.4 Å². The monoisotopic (exact) mass is 661 g/mol. The first-order chi connectivity index (χ1) is 23.0. The average molecular weight is 662 g/mol. The molecule has 1 saturated heterocycles. The minimum atomic E-state index is -0.973. The van der Waals surface area contributed by atoms with Crippen LogP contribution in [0.2, 0.25) is 0 Å². The van der Waals surface area contributed by atoms with Gasteiger partial charge in [0, 0.05) is 25.6 Å². The number of likely N-dealkylation sites (tertiary alicyclic amines) is 1. The van der Waals surface area contributed by atoms with Gasteiger partial charge >= 0.3 is 0 Å². The number of unbranched alkanes of at least 4 members (excludes halogenated alkanes) is 1. The van der Waals surface area contributed by atoms with Gasteiger partial charge in [-0.15, -0.1) is 0 Å². The molecule has 2 bridgehead atoms. The Balaban J connectivity index is 1.48. The van der Waals surface area contributed by atoms with Crippen LogP contribution in [0.1, 0.15) is 63.5 Å². The highest BCUT2D eigenvalue weighted by Crippen LogP contribution is 2.36. The molecule has 2 aliphatic rings. The summed E-state index contributed by atoms with van der Waals surface area (Å²) in [5, 5.41) is 8.76. The van der Waals surface area contributed by atoms with Crippen LogP contribution in [0.3, 0.4) is 0 Å². The first kappa shape index (κ1) is 37.0. The van der Waals surface area contributed by atoms with E-state index in [1.807, 2.05) is 79.4 Å². The molecule has 11 nitrogen and oxygen atoms in total. The Morgan fingerprint density at radius 3 is 1.83 bits per heavy atom. The normalized spacial score (nSPS) is 21.2. The standard InChI is InChI=1S/C37H55N7O4/c1-24(2)19-31(35(46)41-30(15-9-10-18-38)37(48)44-22-27-16-17-28(23-44)33(27)40)43-36(47)32(21-26-13-7-4-8-14-26)42-34(45)29(39)20-25-11-5-3-6-12-25/h3-8,11-14,24,27-33H,9-10,15-23,38-40H2,1-2H3,(H,41,46)(H,42,45)(H,43,47). The first-order valence-electron chi connectivity index (χ1n) is 17.5. The maximum Gasteiger partial charge on any atom is 0.245 e. The summed E-state index contributed by atoms with van der Waals surface area (Å²) in [4.78, 5) is 56.8. The maximum absolute atomic E-state index is 13.9. The number of nitrogens with two attached hydrogens (primary N) is 3. The molecule has 0 aromatic heterocycles. The summed E-state index contributed by atoms with van der Waals surface area (Å²) < 4.78 is 0. The zero-order valence-electron chi connectivity index (χ0n) is 28.5. The molecule has 1 aliphatic heterocycles. The molecule has 48 heavy (non-hydrogen) atoms. The van der Waals surface area contributed by atoms with Gasteiger partial charge in [-0.05, 0) is 80.4 Å². The van der Waals surface area contributed by atoms with Crippen LogP contribution >= 0.6 is 0 Å². The summed E-state index contributed by atoms with van der Waals surface area (Å²) >= 11 is 0. The van der Waals surface area contributed by atoms with Gasteiger partial charge in [0.1, 0.15) is 18.1 Å². The number of rotatable bonds is 17. The van der Waals surface area contributed by atoms with E-state index in [4.69, 9.17) is 17.2 Å². The quantitative estimate of drug-likeness (QED) is 0.139. The summed E-state index contributed by atoms with van der Waals surface area (Å²) in [6.45, 7) is 5.62. The van der Waals surface area contributed by atoms with Crippen LogP contribution in [0.15, 0.2) is 60.7 Å². The van der Waals surface area contributed by atoms with E-state index in [-0.39, 0.29) is 36.1 Å². The van der Waals surface area contributed by atoms with Crippen LogP contribution in [0.25, 0.3) is 0 Å². The van der Waals surface area contributed by atoms with E-state index in [0.717, 1.165) is 30.4 Å². The molecule has 6 atom stereocenters. The van der Waals surface area contributed by atoms with Crippen molar-refractivity contribution in [2.75, 3.05) is 19.6 Å². The Bertz CT molecular complexity index is 1330. The van der Waals surface area contributed by atoms with Gasteiger partial charge in [0.25, 0.3) is 0 Å². The Morgan fingerprint density at radius 1 is 0.750 bits per heavy atom. The molecule has 0 radical (unpaired) electrons. The molecule has 262 valence electrons. The number of carbonyl (C=O) groups excluding carboxylic acids is 4. The number of hydrogen-bond acceptors (Lipinski definition) is 7. The average Bonchev–Trinajstić information content (AvgIpc) is 3.26. The highest BCUT2D eigenvalue weighted by atomic mass is 16.2. The fourth-order valence-electron chi connectivity index (χ4n) is 6.96. The molecule has 4 rings (SSSR count). The van der Waals surface area contributed by atoms with Gasteiger partial charge in [-0.3, -0.25) is 19.2 Å². The molecule has 9 N–H and O–H groups in total. The lowest BCUT2D eigenvalue weighted by atomic mass is 9.92. The lowest BCUT2D eigenvalue weighted by Gasteiger charge is -2.38. The third-order valence-electron chi connectivity index (χ3n) is 9.67. The molecule has 1 saturated carbocycles. The van der Waals surface area contributed by atoms with Crippen molar-refractivity contribution in [1.82, 2.24) is 20.9 Å². The molecule has 4 amide bonds. The zero-order chi connectivity index (χ0) is 34.6. The van der Waals surface area contributed by atoms with Gasteiger partial charge in [-0.25, -0.2) is 0 Å². The summed E-state index contributed by atoms with van der Waals surface area (Å²) in [6, 6.07) is 15.4. The first-order valence-corrected chi connectivity index (χ1v) is 17.5. The Kier molecular flexibility index (Phi) is 14.0. The summed E-state index contributed by atoms with van der Waals surface area (Å²) in [6.07, 6.45) is 4.77. The second-order valence-electron chi connectivity index (χ2n) is 14.0. The van der Waals surface area contributed by atoms with E-state index in [1.165, 1.54) is 0 Å². The fourth-order valence-corrected chi connectivity index (χ4v) is 6.96. The predicted molar refractivity (Wildman–Crippen MR) is 187 cm³/mol. The third kappa shape index (κ3) is 10.6. The SMILES string of the molecule is CC(C)CC(NC(=O)C(Cc1ccccc1)NC(=O)C(N)Cc1ccccc1)C(=O)NC(CCCCN)C(=O)N1CC2CCC(C1)C2N. The number of benzene rings is 2. The van der Waals surface area contributed by atoms with Gasteiger partial charge < -0.3 is 38.1 Å². The van der Waals surface area contributed by atoms with E-state index in [2.05, 4.69) is 16.0 Å². The lowest BCUT2D eigenvalue weighted by Crippen LogP contribution is -2.60. The molecule has 11 heteroatoms. The van der Waals surface area contributed by atoms with E-state index in [1.54, 1.807) is 0 Å². The summed E-state index contributed by atoms with van der Waals surface area (Å²) in [7, 11) is 0. The van der Waals surface area contributed by atoms with Crippen molar-refractivity contribution in [1.29, 1.82) is 0 Å². The number of nitrogens with one attached hydrogen (secondary N) is 3. The van der Waals surface area contributed by atoms with Gasteiger partial charge in [0.05, 0.1) is 6.04 Å². The highest BCUT2D eigenvalue weighted by molar-refractivity contribution is 5.95. The molecule has 1 heterocycles. The molecular formula is C37H55N7O4. The van der Waals surface area contributed by atoms with Crippen molar-refractivity contribution in [2.24, 2.45) is 35.0 Å². The molecule has 2 aromatic rings. The Hall–Kier alpha value is -3.80. The second-order valence-corrected chi connectivity index (χ2v) is 14.0. The molecular weight excluding hydrogens is 606 g/mol. The second kappa shape index (κ2) is 18.1. The van der Waals surface area contributed by atoms with Crippen LogP contribution in [-0.2, 0) is 32.0 Å². The van der Waals surface area contributed by atoms with Crippen molar-refractivity contribution < 1.29 is 19.2 Å². The number of carbonyl (C=O) groups is 4. The van der Waals surface area contributed by atoms with Crippen LogP contribution in [0.4, 0.5) is 0 Å². The molecule has 6 unspecified atom stereocenters. The number of hydrogen-bond donors (Lipinski definition) is 6. The number of nitrogens with zero attached hydrogens (tertiary/aromatic N) is 1. The van der Waals surface area contributed by atoms with Crippen molar-refractivity contribution >= 4 is 23.6 Å². The number of amides is 4. The van der Waals surface area contributed by atoms with Gasteiger partial charge in [-0.1, -0.05) is 74.5 Å². The lowest BCUT2D eigenvalue weighted by molar-refractivity contribution is -0.139. The smallest absolute Gasteiger partial charge is 0.245 e. The van der Waals surface area contributed by atoms with Crippen molar-refractivity contribution in [3.05, 3.63) is 71.8 Å². The van der Waals surface area contributed by atoms with Crippen molar-refractivity contribution in [3.8, 4) is 0 Å². The van der Waals surface area contributed by atoms with Crippen LogP contribution in [-0.4, -0.2) is 78.4 Å². The minimum absolute atomic E-state index is 0.0631. The van der Waals surface area contributed by atoms with Crippen LogP contribution in [0, 0.1) is 17.8 Å². The van der Waals surface area contributed by atoms with Gasteiger partial charge in [-0.2, -0.15) is 0 Å². The van der Waals surface area contributed by atoms with Crippen LogP contribution < -0.4 is 33.2 Å². The Labute approximate surface area is 285 Å². The van der Waals surface area contributed by atoms with Crippen molar-refractivity contribution in [3.63, 3.8) is 0 Å². The number of fused-ring (bicyclic) bond motifs is 2. The fraction of sp³-hybridized carbons (Fsp3) is 0.568. The molecule has 1 aliphatic carbocycles. The third-order valence-corrected chi connectivity index (χ3v) is 9.67. The topological polar surface area (TPSA) is 186 Å². The van der Waals surface area contributed by atoms with E-state index in [9.17, 15) is 19.2 Å². The largest absolute Gasteiger partial charge is 0.343 e. The number of piperidine rings is 1. The van der Waals surface area contributed by atoms with Gasteiger partial charge in [0.2, 0.25) is 23.6 Å². The summed E-state index contributed by atoms with van der Waals surface area (Å²) in [5.41, 5.74) is 20.2. The highest BCUT2D eigenvalue weighted by Gasteiger charge is 2.42.